The minimum Gasteiger partial charge on any atom is -0.356 e. The number of rotatable bonds is 6. The smallest absolute Gasteiger partial charge is 0.170 e. The molecular weight excluding hydrogens is 416 g/mol. The number of nitrogens with one attached hydrogen (secondary N) is 1. The predicted octanol–water partition coefficient (Wildman–Crippen LogP) is 6.04. The Kier molecular flexibility index (Phi) is 8.71. The summed E-state index contributed by atoms with van der Waals surface area (Å²) in [5.41, 5.74) is 6.02. The van der Waals surface area contributed by atoms with E-state index in [9.17, 15) is 4.39 Å². The van der Waals surface area contributed by atoms with Crippen molar-refractivity contribution in [1.82, 2.24) is 10.1 Å². The van der Waals surface area contributed by atoms with E-state index < -0.39 is 0 Å². The van der Waals surface area contributed by atoms with Crippen LogP contribution in [0.4, 0.5) is 10.1 Å². The molecule has 1 aromatic heterocycles. The summed E-state index contributed by atoms with van der Waals surface area (Å²) in [5.74, 6) is -0.332. The maximum atomic E-state index is 13.3. The molecule has 1 N–H and O–H groups in total. The SMILES string of the molecule is CCC(ONc1ccc(-c2noc3cc(F)ccc23)cc1)N1CCCCC1.Cl.Cl. The van der Waals surface area contributed by atoms with Crippen molar-refractivity contribution in [3.05, 3.63) is 48.3 Å². The van der Waals surface area contributed by atoms with Crippen LogP contribution < -0.4 is 5.48 Å². The summed E-state index contributed by atoms with van der Waals surface area (Å²) in [6.07, 6.45) is 4.81. The molecular formula is C21H26Cl2FN3O2. The van der Waals surface area contributed by atoms with Crippen LogP contribution in [0.5, 0.6) is 0 Å². The van der Waals surface area contributed by atoms with Gasteiger partial charge in [0.15, 0.2) is 5.58 Å². The van der Waals surface area contributed by atoms with E-state index in [0.29, 0.717) is 11.3 Å². The number of likely N-dealkylation sites (tertiary alicyclic amines) is 1. The molecule has 158 valence electrons. The summed E-state index contributed by atoms with van der Waals surface area (Å²) in [6.45, 7) is 4.33. The van der Waals surface area contributed by atoms with E-state index in [4.69, 9.17) is 9.36 Å². The molecule has 29 heavy (non-hydrogen) atoms. The maximum absolute atomic E-state index is 13.3. The van der Waals surface area contributed by atoms with Crippen molar-refractivity contribution < 1.29 is 13.8 Å². The molecule has 1 saturated heterocycles. The lowest BCUT2D eigenvalue weighted by molar-refractivity contribution is -0.0439. The molecule has 1 atom stereocenters. The topological polar surface area (TPSA) is 50.5 Å². The normalized spacial score (nSPS) is 15.4. The zero-order valence-corrected chi connectivity index (χ0v) is 17.9. The molecule has 0 radical (unpaired) electrons. The van der Waals surface area contributed by atoms with E-state index in [2.05, 4.69) is 22.5 Å². The highest BCUT2D eigenvalue weighted by molar-refractivity contribution is 5.91. The van der Waals surface area contributed by atoms with Gasteiger partial charge in [0.1, 0.15) is 17.7 Å². The lowest BCUT2D eigenvalue weighted by Crippen LogP contribution is -2.41. The van der Waals surface area contributed by atoms with Gasteiger partial charge in [-0.15, -0.1) is 24.8 Å². The molecule has 1 fully saturated rings. The first-order valence-corrected chi connectivity index (χ1v) is 9.55. The third-order valence-electron chi connectivity index (χ3n) is 5.05. The molecule has 5 nitrogen and oxygen atoms in total. The fourth-order valence-corrected chi connectivity index (χ4v) is 3.57. The second kappa shape index (κ2) is 10.8. The molecule has 0 amide bonds. The number of piperidine rings is 1. The van der Waals surface area contributed by atoms with Gasteiger partial charge in [-0.05, 0) is 43.5 Å². The lowest BCUT2D eigenvalue weighted by atomic mass is 10.1. The molecule has 0 bridgehead atoms. The average molecular weight is 442 g/mol. The summed E-state index contributed by atoms with van der Waals surface area (Å²) in [4.78, 5) is 8.33. The molecule has 2 aromatic carbocycles. The van der Waals surface area contributed by atoms with E-state index in [-0.39, 0.29) is 36.9 Å². The molecule has 1 aliphatic rings. The Morgan fingerprint density at radius 2 is 1.83 bits per heavy atom. The Morgan fingerprint density at radius 3 is 2.52 bits per heavy atom. The maximum Gasteiger partial charge on any atom is 0.170 e. The van der Waals surface area contributed by atoms with Gasteiger partial charge >= 0.3 is 0 Å². The molecule has 8 heteroatoms. The van der Waals surface area contributed by atoms with Crippen LogP contribution >= 0.6 is 24.8 Å². The summed E-state index contributed by atoms with van der Waals surface area (Å²) >= 11 is 0. The molecule has 0 aliphatic carbocycles. The van der Waals surface area contributed by atoms with Gasteiger partial charge in [0.25, 0.3) is 0 Å². The lowest BCUT2D eigenvalue weighted by Gasteiger charge is -2.33. The van der Waals surface area contributed by atoms with Crippen molar-refractivity contribution in [3.8, 4) is 11.3 Å². The van der Waals surface area contributed by atoms with Crippen LogP contribution in [0, 0.1) is 5.82 Å². The van der Waals surface area contributed by atoms with E-state index in [0.717, 1.165) is 36.1 Å². The Hall–Kier alpha value is -1.86. The summed E-state index contributed by atoms with van der Waals surface area (Å²) in [7, 11) is 0. The molecule has 0 spiro atoms. The van der Waals surface area contributed by atoms with E-state index in [1.807, 2.05) is 24.3 Å². The molecule has 0 saturated carbocycles. The first-order valence-electron chi connectivity index (χ1n) is 9.55. The van der Waals surface area contributed by atoms with Crippen molar-refractivity contribution in [2.24, 2.45) is 0 Å². The second-order valence-corrected chi connectivity index (χ2v) is 6.93. The zero-order valence-electron chi connectivity index (χ0n) is 16.3. The van der Waals surface area contributed by atoms with E-state index >= 15 is 0 Å². The number of hydrogen-bond donors (Lipinski definition) is 1. The van der Waals surface area contributed by atoms with Crippen molar-refractivity contribution in [2.45, 2.75) is 38.8 Å². The number of nitrogens with zero attached hydrogens (tertiary/aromatic N) is 2. The van der Waals surface area contributed by atoms with Crippen LogP contribution in [-0.4, -0.2) is 29.4 Å². The quantitative estimate of drug-likeness (QED) is 0.472. The van der Waals surface area contributed by atoms with Gasteiger partial charge in [0, 0.05) is 30.1 Å². The fraction of sp³-hybridized carbons (Fsp3) is 0.381. The predicted molar refractivity (Wildman–Crippen MR) is 118 cm³/mol. The number of halogens is 3. The van der Waals surface area contributed by atoms with Gasteiger partial charge in [-0.1, -0.05) is 30.6 Å². The number of anilines is 1. The van der Waals surface area contributed by atoms with Gasteiger partial charge in [-0.25, -0.2) is 4.39 Å². The van der Waals surface area contributed by atoms with E-state index in [1.54, 1.807) is 6.07 Å². The van der Waals surface area contributed by atoms with Crippen molar-refractivity contribution >= 4 is 41.5 Å². The third-order valence-corrected chi connectivity index (χ3v) is 5.05. The number of fused-ring (bicyclic) bond motifs is 1. The number of hydrogen-bond acceptors (Lipinski definition) is 5. The van der Waals surface area contributed by atoms with Gasteiger partial charge in [0.2, 0.25) is 0 Å². The molecule has 3 aromatic rings. The number of aromatic nitrogens is 1. The Morgan fingerprint density at radius 1 is 1.10 bits per heavy atom. The zero-order chi connectivity index (χ0) is 18.6. The van der Waals surface area contributed by atoms with Crippen LogP contribution in [0.3, 0.4) is 0 Å². The average Bonchev–Trinajstić information content (AvgIpc) is 3.13. The van der Waals surface area contributed by atoms with Crippen LogP contribution in [0.2, 0.25) is 0 Å². The van der Waals surface area contributed by atoms with Crippen LogP contribution in [0.25, 0.3) is 22.2 Å². The van der Waals surface area contributed by atoms with Crippen molar-refractivity contribution in [2.75, 3.05) is 18.6 Å². The molecule has 2 heterocycles. The minimum absolute atomic E-state index is 0. The Labute approximate surface area is 182 Å². The van der Waals surface area contributed by atoms with Gasteiger partial charge in [-0.3, -0.25) is 15.2 Å². The highest BCUT2D eigenvalue weighted by Crippen LogP contribution is 2.29. The first-order chi connectivity index (χ1) is 13.2. The fourth-order valence-electron chi connectivity index (χ4n) is 3.57. The minimum atomic E-state index is -0.332. The monoisotopic (exact) mass is 441 g/mol. The second-order valence-electron chi connectivity index (χ2n) is 6.93. The summed E-state index contributed by atoms with van der Waals surface area (Å²) in [5, 5.41) is 4.88. The van der Waals surface area contributed by atoms with Gasteiger partial charge < -0.3 is 4.52 Å². The standard InChI is InChI=1S/C21H24FN3O2.2ClH/c1-2-20(25-12-4-3-5-13-25)27-23-17-9-6-15(7-10-17)21-18-11-8-16(22)14-19(18)26-24-21;;/h6-11,14,20,23H,2-5,12-13H2,1H3;2*1H. The third kappa shape index (κ3) is 5.39. The molecule has 1 aliphatic heterocycles. The van der Waals surface area contributed by atoms with Crippen LogP contribution in [0.15, 0.2) is 47.0 Å². The highest BCUT2D eigenvalue weighted by Gasteiger charge is 2.20. The van der Waals surface area contributed by atoms with Crippen molar-refractivity contribution in [3.63, 3.8) is 0 Å². The van der Waals surface area contributed by atoms with Crippen molar-refractivity contribution in [1.29, 1.82) is 0 Å². The van der Waals surface area contributed by atoms with Crippen LogP contribution in [-0.2, 0) is 4.84 Å². The summed E-state index contributed by atoms with van der Waals surface area (Å²) in [6, 6.07) is 12.3. The first kappa shape index (κ1) is 23.4. The van der Waals surface area contributed by atoms with E-state index in [1.165, 1.54) is 31.4 Å². The van der Waals surface area contributed by atoms with Gasteiger partial charge in [0.05, 0.1) is 5.69 Å². The molecule has 1 unspecified atom stereocenters. The molecule has 4 rings (SSSR count). The largest absolute Gasteiger partial charge is 0.356 e. The Bertz CT molecular complexity index is 899. The summed E-state index contributed by atoms with van der Waals surface area (Å²) < 4.78 is 18.5. The van der Waals surface area contributed by atoms with Crippen LogP contribution in [0.1, 0.15) is 32.6 Å². The van der Waals surface area contributed by atoms with Gasteiger partial charge in [-0.2, -0.15) is 0 Å². The number of benzene rings is 2. The Balaban J connectivity index is 0.00000150. The highest BCUT2D eigenvalue weighted by atomic mass is 35.5.